The van der Waals surface area contributed by atoms with Crippen LogP contribution in [0, 0.1) is 5.92 Å². The van der Waals surface area contributed by atoms with Gasteiger partial charge in [0.1, 0.15) is 5.75 Å². The highest BCUT2D eigenvalue weighted by molar-refractivity contribution is 5.88. The smallest absolute Gasteiger partial charge is 0.268 e. The first-order chi connectivity index (χ1) is 12.0. The van der Waals surface area contributed by atoms with Crippen LogP contribution in [0.3, 0.4) is 0 Å². The lowest BCUT2D eigenvalue weighted by molar-refractivity contribution is 0.116. The van der Waals surface area contributed by atoms with Crippen molar-refractivity contribution in [3.63, 3.8) is 0 Å². The Labute approximate surface area is 147 Å². The second-order valence-corrected chi connectivity index (χ2v) is 7.18. The molecule has 136 valence electrons. The Balaban J connectivity index is 1.94. The summed E-state index contributed by atoms with van der Waals surface area (Å²) in [6.45, 7) is 4.11. The van der Waals surface area contributed by atoms with Crippen LogP contribution >= 0.6 is 0 Å². The van der Waals surface area contributed by atoms with Gasteiger partial charge in [-0.25, -0.2) is 8.78 Å². The molecule has 1 aliphatic carbocycles. The third-order valence-electron chi connectivity index (χ3n) is 5.29. The molecular weight excluding hydrogens is 322 g/mol. The predicted molar refractivity (Wildman–Crippen MR) is 96.2 cm³/mol. The number of ether oxygens (including phenoxy) is 1. The first kappa shape index (κ1) is 18.1. The minimum Gasteiger partial charge on any atom is -0.490 e. The van der Waals surface area contributed by atoms with Crippen molar-refractivity contribution in [3.8, 4) is 5.75 Å². The molecule has 0 bridgehead atoms. The van der Waals surface area contributed by atoms with Crippen molar-refractivity contribution in [2.24, 2.45) is 5.92 Å². The van der Waals surface area contributed by atoms with Gasteiger partial charge < -0.3 is 9.84 Å². The molecule has 1 unspecified atom stereocenters. The molecule has 2 nitrogen and oxygen atoms in total. The highest BCUT2D eigenvalue weighted by Gasteiger charge is 2.24. The van der Waals surface area contributed by atoms with E-state index in [4.69, 9.17) is 4.74 Å². The molecule has 1 fully saturated rings. The summed E-state index contributed by atoms with van der Waals surface area (Å²) in [7, 11) is 0. The topological polar surface area (TPSA) is 29.5 Å². The van der Waals surface area contributed by atoms with E-state index < -0.39 is 12.5 Å². The molecule has 0 aliphatic heterocycles. The summed E-state index contributed by atoms with van der Waals surface area (Å²) in [4.78, 5) is 0. The quantitative estimate of drug-likeness (QED) is 0.699. The van der Waals surface area contributed by atoms with Crippen molar-refractivity contribution in [2.75, 3.05) is 0 Å². The zero-order chi connectivity index (χ0) is 18.0. The van der Waals surface area contributed by atoms with Gasteiger partial charge in [0.05, 0.1) is 17.8 Å². The van der Waals surface area contributed by atoms with Crippen molar-refractivity contribution < 1.29 is 18.6 Å². The standard InChI is InChI=1S/C21H26F2O2/c1-3-18(24)15-6-10-17-14(12-15)7-11-19(20(17)21(22)23)25-16-8-4-13(2)5-9-16/h6-7,10-13,16,18,21,24H,3-5,8-9H2,1-2H3. The SMILES string of the molecule is CCC(O)c1ccc2c(C(F)F)c(OC3CCC(C)CC3)ccc2c1. The van der Waals surface area contributed by atoms with E-state index in [-0.39, 0.29) is 11.7 Å². The van der Waals surface area contributed by atoms with Gasteiger partial charge in [-0.05, 0) is 66.5 Å². The van der Waals surface area contributed by atoms with E-state index in [0.29, 0.717) is 28.9 Å². The molecular formula is C21H26F2O2. The van der Waals surface area contributed by atoms with Crippen LogP contribution in [0.15, 0.2) is 30.3 Å². The molecule has 1 N–H and O–H groups in total. The van der Waals surface area contributed by atoms with Gasteiger partial charge in [-0.15, -0.1) is 0 Å². The number of rotatable bonds is 5. The Kier molecular flexibility index (Phi) is 5.57. The second-order valence-electron chi connectivity index (χ2n) is 7.18. The highest BCUT2D eigenvalue weighted by atomic mass is 19.3. The zero-order valence-corrected chi connectivity index (χ0v) is 14.8. The molecule has 25 heavy (non-hydrogen) atoms. The maximum absolute atomic E-state index is 13.8. The summed E-state index contributed by atoms with van der Waals surface area (Å²) in [6, 6.07) is 8.68. The highest BCUT2D eigenvalue weighted by Crippen LogP contribution is 2.38. The Hall–Kier alpha value is -1.68. The van der Waals surface area contributed by atoms with Crippen molar-refractivity contribution in [2.45, 2.75) is 64.6 Å². The van der Waals surface area contributed by atoms with E-state index in [9.17, 15) is 13.9 Å². The normalized spacial score (nSPS) is 22.3. The largest absolute Gasteiger partial charge is 0.490 e. The summed E-state index contributed by atoms with van der Waals surface area (Å²) < 4.78 is 33.5. The number of hydrogen-bond donors (Lipinski definition) is 1. The van der Waals surface area contributed by atoms with Gasteiger partial charge in [0.15, 0.2) is 0 Å². The first-order valence-electron chi connectivity index (χ1n) is 9.19. The van der Waals surface area contributed by atoms with E-state index >= 15 is 0 Å². The van der Waals surface area contributed by atoms with Crippen molar-refractivity contribution in [1.29, 1.82) is 0 Å². The average Bonchev–Trinajstić information content (AvgIpc) is 2.62. The van der Waals surface area contributed by atoms with E-state index in [1.54, 1.807) is 24.3 Å². The summed E-state index contributed by atoms with van der Waals surface area (Å²) in [5.41, 5.74) is 0.721. The van der Waals surface area contributed by atoms with Crippen molar-refractivity contribution >= 4 is 10.8 Å². The average molecular weight is 348 g/mol. The Morgan fingerprint density at radius 3 is 2.48 bits per heavy atom. The summed E-state index contributed by atoms with van der Waals surface area (Å²) in [6.07, 6.45) is 1.46. The zero-order valence-electron chi connectivity index (χ0n) is 14.8. The fraction of sp³-hybridized carbons (Fsp3) is 0.524. The van der Waals surface area contributed by atoms with Crippen LogP contribution < -0.4 is 4.74 Å². The lowest BCUT2D eigenvalue weighted by Crippen LogP contribution is -2.23. The fourth-order valence-electron chi connectivity index (χ4n) is 3.65. The van der Waals surface area contributed by atoms with Gasteiger partial charge in [-0.3, -0.25) is 0 Å². The van der Waals surface area contributed by atoms with E-state index in [1.165, 1.54) is 0 Å². The molecule has 2 aromatic rings. The number of halogens is 2. The van der Waals surface area contributed by atoms with Crippen LogP contribution in [0.5, 0.6) is 5.75 Å². The van der Waals surface area contributed by atoms with Gasteiger partial charge in [0, 0.05) is 0 Å². The number of alkyl halides is 2. The van der Waals surface area contributed by atoms with Crippen LogP contribution in [0.1, 0.15) is 69.6 Å². The maximum atomic E-state index is 13.8. The molecule has 1 aliphatic rings. The molecule has 0 heterocycles. The lowest BCUT2D eigenvalue weighted by Gasteiger charge is -2.28. The molecule has 0 aromatic heterocycles. The summed E-state index contributed by atoms with van der Waals surface area (Å²) >= 11 is 0. The maximum Gasteiger partial charge on any atom is 0.268 e. The van der Waals surface area contributed by atoms with Crippen LogP contribution in [-0.2, 0) is 0 Å². The number of aliphatic hydroxyl groups excluding tert-OH is 1. The first-order valence-corrected chi connectivity index (χ1v) is 9.19. The van der Waals surface area contributed by atoms with Crippen LogP contribution in [0.2, 0.25) is 0 Å². The number of fused-ring (bicyclic) bond motifs is 1. The molecule has 0 spiro atoms. The Bertz CT molecular complexity index is 721. The van der Waals surface area contributed by atoms with E-state index in [1.807, 2.05) is 13.0 Å². The summed E-state index contributed by atoms with van der Waals surface area (Å²) in [5.74, 6) is 0.986. The minimum absolute atomic E-state index is 0.0207. The van der Waals surface area contributed by atoms with Crippen molar-refractivity contribution in [3.05, 3.63) is 41.5 Å². The lowest BCUT2D eigenvalue weighted by atomic mass is 9.89. The van der Waals surface area contributed by atoms with Gasteiger partial charge in [0.25, 0.3) is 6.43 Å². The molecule has 0 saturated heterocycles. The Morgan fingerprint density at radius 1 is 1.12 bits per heavy atom. The number of aliphatic hydroxyl groups is 1. The minimum atomic E-state index is -2.59. The third kappa shape index (κ3) is 3.95. The molecule has 1 atom stereocenters. The van der Waals surface area contributed by atoms with Crippen LogP contribution in [0.25, 0.3) is 10.8 Å². The second kappa shape index (κ2) is 7.69. The van der Waals surface area contributed by atoms with E-state index in [0.717, 1.165) is 31.2 Å². The van der Waals surface area contributed by atoms with Gasteiger partial charge in [-0.2, -0.15) is 0 Å². The van der Waals surface area contributed by atoms with Gasteiger partial charge in [-0.1, -0.05) is 32.0 Å². The third-order valence-corrected chi connectivity index (χ3v) is 5.29. The predicted octanol–water partition coefficient (Wildman–Crippen LogP) is 6.18. The molecule has 2 aromatic carbocycles. The van der Waals surface area contributed by atoms with Crippen LogP contribution in [-0.4, -0.2) is 11.2 Å². The van der Waals surface area contributed by atoms with Gasteiger partial charge >= 0.3 is 0 Å². The summed E-state index contributed by atoms with van der Waals surface area (Å²) in [5, 5.41) is 11.2. The monoisotopic (exact) mass is 348 g/mol. The molecule has 3 rings (SSSR count). The Morgan fingerprint density at radius 2 is 1.84 bits per heavy atom. The van der Waals surface area contributed by atoms with E-state index in [2.05, 4.69) is 6.92 Å². The van der Waals surface area contributed by atoms with Crippen LogP contribution in [0.4, 0.5) is 8.78 Å². The fourth-order valence-corrected chi connectivity index (χ4v) is 3.65. The number of hydrogen-bond acceptors (Lipinski definition) is 2. The molecule has 0 amide bonds. The van der Waals surface area contributed by atoms with Crippen molar-refractivity contribution in [1.82, 2.24) is 0 Å². The number of benzene rings is 2. The van der Waals surface area contributed by atoms with Gasteiger partial charge in [0.2, 0.25) is 0 Å². The molecule has 0 radical (unpaired) electrons. The molecule has 4 heteroatoms. The molecule has 1 saturated carbocycles.